The summed E-state index contributed by atoms with van der Waals surface area (Å²) in [5, 5.41) is 8.21. The van der Waals surface area contributed by atoms with Crippen molar-refractivity contribution in [1.29, 1.82) is 0 Å². The van der Waals surface area contributed by atoms with Crippen molar-refractivity contribution in [2.75, 3.05) is 12.8 Å². The van der Waals surface area contributed by atoms with Gasteiger partial charge in [-0.3, -0.25) is 0 Å². The van der Waals surface area contributed by atoms with Crippen LogP contribution in [0.2, 0.25) is 0 Å². The third-order valence-electron chi connectivity index (χ3n) is 2.10. The highest BCUT2D eigenvalue weighted by atomic mass is 16.5. The minimum absolute atomic E-state index is 0.666. The fraction of sp³-hybridized carbons (Fsp3) is 0.200. The topological polar surface area (TPSA) is 66.0 Å². The van der Waals surface area contributed by atoms with E-state index in [-0.39, 0.29) is 0 Å². The number of hydrogen-bond acceptors (Lipinski definition) is 4. The van der Waals surface area contributed by atoms with Crippen LogP contribution in [0.3, 0.4) is 0 Å². The molecule has 2 aromatic rings. The number of anilines is 1. The van der Waals surface area contributed by atoms with Crippen LogP contribution in [-0.4, -0.2) is 22.1 Å². The van der Waals surface area contributed by atoms with Crippen LogP contribution >= 0.6 is 0 Å². The lowest BCUT2D eigenvalue weighted by atomic mass is 10.1. The van der Waals surface area contributed by atoms with Gasteiger partial charge in [0.2, 0.25) is 0 Å². The number of rotatable bonds is 2. The number of hydrogen-bond donors (Lipinski definition) is 1. The van der Waals surface area contributed by atoms with Crippen molar-refractivity contribution in [2.24, 2.45) is 7.05 Å². The molecule has 1 aromatic heterocycles. The maximum Gasteiger partial charge on any atom is 0.130 e. The highest BCUT2D eigenvalue weighted by Gasteiger charge is 2.08. The molecule has 0 aliphatic rings. The van der Waals surface area contributed by atoms with Gasteiger partial charge < -0.3 is 10.5 Å². The number of ether oxygens (including phenoxy) is 1. The van der Waals surface area contributed by atoms with Crippen LogP contribution in [0.5, 0.6) is 5.75 Å². The van der Waals surface area contributed by atoms with E-state index in [1.807, 2.05) is 12.1 Å². The van der Waals surface area contributed by atoms with Gasteiger partial charge in [0.15, 0.2) is 0 Å². The molecule has 1 heterocycles. The average Bonchev–Trinajstić information content (AvgIpc) is 2.64. The smallest absolute Gasteiger partial charge is 0.130 e. The van der Waals surface area contributed by atoms with Gasteiger partial charge in [0.05, 0.1) is 13.3 Å². The molecule has 0 fully saturated rings. The predicted octanol–water partition coefficient (Wildman–Crippen LogP) is 1.07. The third kappa shape index (κ3) is 1.76. The monoisotopic (exact) mass is 204 g/mol. The molecule has 0 radical (unpaired) electrons. The van der Waals surface area contributed by atoms with Gasteiger partial charge in [-0.15, -0.1) is 0 Å². The van der Waals surface area contributed by atoms with Crippen molar-refractivity contribution in [3.8, 4) is 17.0 Å². The second kappa shape index (κ2) is 3.61. The molecule has 1 aromatic carbocycles. The van der Waals surface area contributed by atoms with Crippen molar-refractivity contribution < 1.29 is 4.74 Å². The van der Waals surface area contributed by atoms with Gasteiger partial charge in [0.25, 0.3) is 0 Å². The lowest BCUT2D eigenvalue weighted by molar-refractivity contribution is 0.416. The van der Waals surface area contributed by atoms with E-state index in [4.69, 9.17) is 10.5 Å². The summed E-state index contributed by atoms with van der Waals surface area (Å²) in [6.45, 7) is 0. The normalized spacial score (nSPS) is 10.3. The summed E-state index contributed by atoms with van der Waals surface area (Å²) in [5.74, 6) is 0.704. The van der Waals surface area contributed by atoms with Crippen LogP contribution in [-0.2, 0) is 7.05 Å². The van der Waals surface area contributed by atoms with Crippen LogP contribution in [0, 0.1) is 0 Å². The van der Waals surface area contributed by atoms with Gasteiger partial charge in [-0.05, 0) is 12.1 Å². The molecule has 0 spiro atoms. The van der Waals surface area contributed by atoms with Crippen molar-refractivity contribution in [3.63, 3.8) is 0 Å². The fourth-order valence-electron chi connectivity index (χ4n) is 1.39. The number of methoxy groups -OCH3 is 1. The minimum atomic E-state index is 0.666. The van der Waals surface area contributed by atoms with Crippen molar-refractivity contribution in [2.45, 2.75) is 0 Å². The van der Waals surface area contributed by atoms with Crippen molar-refractivity contribution in [3.05, 3.63) is 24.4 Å². The zero-order chi connectivity index (χ0) is 10.8. The van der Waals surface area contributed by atoms with Crippen LogP contribution in [0.1, 0.15) is 0 Å². The standard InChI is InChI=1S/C10H12N4O/c1-14-12-6-9(13-14)8-4-3-7(11)5-10(8)15-2/h3-6H,11H2,1-2H3. The second-order valence-electron chi connectivity index (χ2n) is 3.18. The Morgan fingerprint density at radius 3 is 2.80 bits per heavy atom. The maximum absolute atomic E-state index is 5.67. The summed E-state index contributed by atoms with van der Waals surface area (Å²) in [7, 11) is 3.38. The van der Waals surface area contributed by atoms with Gasteiger partial charge >= 0.3 is 0 Å². The summed E-state index contributed by atoms with van der Waals surface area (Å²) in [4.78, 5) is 1.51. The van der Waals surface area contributed by atoms with Crippen LogP contribution in [0.25, 0.3) is 11.3 Å². The molecule has 0 aliphatic heterocycles. The molecule has 0 bridgehead atoms. The molecule has 5 nitrogen and oxygen atoms in total. The number of nitrogens with two attached hydrogens (primary N) is 1. The average molecular weight is 204 g/mol. The molecule has 2 rings (SSSR count). The van der Waals surface area contributed by atoms with Crippen LogP contribution < -0.4 is 10.5 Å². The molecular formula is C10H12N4O. The third-order valence-corrected chi connectivity index (χ3v) is 2.10. The maximum atomic E-state index is 5.67. The lowest BCUT2D eigenvalue weighted by Gasteiger charge is -2.06. The highest BCUT2D eigenvalue weighted by molar-refractivity contribution is 5.69. The Hall–Kier alpha value is -2.04. The molecule has 0 amide bonds. The number of benzene rings is 1. The van der Waals surface area contributed by atoms with E-state index in [9.17, 15) is 0 Å². The number of nitrogen functional groups attached to an aromatic ring is 1. The zero-order valence-corrected chi connectivity index (χ0v) is 8.64. The number of aryl methyl sites for hydroxylation is 1. The quantitative estimate of drug-likeness (QED) is 0.743. The first-order valence-corrected chi connectivity index (χ1v) is 4.51. The Kier molecular flexibility index (Phi) is 2.29. The van der Waals surface area contributed by atoms with E-state index in [1.165, 1.54) is 4.80 Å². The molecule has 15 heavy (non-hydrogen) atoms. The van der Waals surface area contributed by atoms with E-state index in [2.05, 4.69) is 10.2 Å². The fourth-order valence-corrected chi connectivity index (χ4v) is 1.39. The van der Waals surface area contributed by atoms with Crippen molar-refractivity contribution >= 4 is 5.69 Å². The first-order chi connectivity index (χ1) is 7.20. The van der Waals surface area contributed by atoms with E-state index < -0.39 is 0 Å². The molecule has 0 saturated heterocycles. The summed E-state index contributed by atoms with van der Waals surface area (Å²) in [6.07, 6.45) is 1.69. The van der Waals surface area contributed by atoms with E-state index in [1.54, 1.807) is 26.4 Å². The lowest BCUT2D eigenvalue weighted by Crippen LogP contribution is -1.94. The molecule has 2 N–H and O–H groups in total. The summed E-state index contributed by atoms with van der Waals surface area (Å²) in [5.41, 5.74) is 7.99. The van der Waals surface area contributed by atoms with Gasteiger partial charge in [0, 0.05) is 24.4 Å². The van der Waals surface area contributed by atoms with Gasteiger partial charge in [-0.2, -0.15) is 15.0 Å². The molecule has 0 saturated carbocycles. The highest BCUT2D eigenvalue weighted by Crippen LogP contribution is 2.29. The van der Waals surface area contributed by atoms with Gasteiger partial charge in [0.1, 0.15) is 11.4 Å². The Labute approximate surface area is 87.5 Å². The largest absolute Gasteiger partial charge is 0.496 e. The van der Waals surface area contributed by atoms with E-state index >= 15 is 0 Å². The van der Waals surface area contributed by atoms with E-state index in [0.29, 0.717) is 11.4 Å². The second-order valence-corrected chi connectivity index (χ2v) is 3.18. The Morgan fingerprint density at radius 1 is 1.40 bits per heavy atom. The molecule has 78 valence electrons. The van der Waals surface area contributed by atoms with Gasteiger partial charge in [-0.25, -0.2) is 0 Å². The first kappa shape index (κ1) is 9.51. The summed E-state index contributed by atoms with van der Waals surface area (Å²) in [6, 6.07) is 5.45. The SMILES string of the molecule is COc1cc(N)ccc1-c1cnn(C)n1. The molecule has 5 heteroatoms. The Balaban J connectivity index is 2.52. The number of nitrogens with zero attached hydrogens (tertiary/aromatic N) is 3. The number of aromatic nitrogens is 3. The summed E-state index contributed by atoms with van der Waals surface area (Å²) >= 11 is 0. The molecule has 0 aliphatic carbocycles. The molecular weight excluding hydrogens is 192 g/mol. The van der Waals surface area contributed by atoms with Crippen LogP contribution in [0.4, 0.5) is 5.69 Å². The predicted molar refractivity (Wildman–Crippen MR) is 57.4 cm³/mol. The van der Waals surface area contributed by atoms with Crippen LogP contribution in [0.15, 0.2) is 24.4 Å². The zero-order valence-electron chi connectivity index (χ0n) is 8.64. The van der Waals surface area contributed by atoms with Gasteiger partial charge in [-0.1, -0.05) is 0 Å². The van der Waals surface area contributed by atoms with E-state index in [0.717, 1.165) is 11.3 Å². The molecule has 0 unspecified atom stereocenters. The minimum Gasteiger partial charge on any atom is -0.496 e. The summed E-state index contributed by atoms with van der Waals surface area (Å²) < 4.78 is 5.23. The van der Waals surface area contributed by atoms with Crippen molar-refractivity contribution in [1.82, 2.24) is 15.0 Å². The molecule has 0 atom stereocenters. The Morgan fingerprint density at radius 2 is 2.20 bits per heavy atom. The first-order valence-electron chi connectivity index (χ1n) is 4.51. The Bertz CT molecular complexity index is 478.